The van der Waals surface area contributed by atoms with Gasteiger partial charge in [-0.3, -0.25) is 0 Å². The molecule has 10 heteroatoms. The third-order valence-electron chi connectivity index (χ3n) is 4.49. The van der Waals surface area contributed by atoms with E-state index < -0.39 is 32.1 Å². The van der Waals surface area contributed by atoms with Crippen molar-refractivity contribution in [3.05, 3.63) is 36.4 Å². The minimum absolute atomic E-state index is 0.0665. The fourth-order valence-corrected chi connectivity index (χ4v) is 5.85. The number of nitrogens with one attached hydrogen (secondary N) is 2. The number of benzene rings is 2. The molecule has 4 N–H and O–H groups in total. The maximum atomic E-state index is 12.8. The first-order valence-corrected chi connectivity index (χ1v) is 11.9. The van der Waals surface area contributed by atoms with Crippen LogP contribution in [0.5, 0.6) is 0 Å². The van der Waals surface area contributed by atoms with Crippen molar-refractivity contribution in [1.82, 2.24) is 9.44 Å². The van der Waals surface area contributed by atoms with Gasteiger partial charge in [-0.25, -0.2) is 26.3 Å². The molecule has 2 atom stereocenters. The van der Waals surface area contributed by atoms with Crippen molar-refractivity contribution < 1.29 is 27.0 Å². The molecule has 28 heavy (non-hydrogen) atoms. The molecule has 0 heterocycles. The van der Waals surface area contributed by atoms with Crippen molar-refractivity contribution in [1.29, 1.82) is 0 Å². The van der Waals surface area contributed by atoms with Crippen LogP contribution >= 0.6 is 0 Å². The average Bonchev–Trinajstić information content (AvgIpc) is 2.69. The van der Waals surface area contributed by atoms with Gasteiger partial charge in [0.05, 0.1) is 23.0 Å². The predicted molar refractivity (Wildman–Crippen MR) is 107 cm³/mol. The summed E-state index contributed by atoms with van der Waals surface area (Å²) in [7, 11) is -7.94. The quantitative estimate of drug-likeness (QED) is 0.443. The van der Waals surface area contributed by atoms with Crippen molar-refractivity contribution >= 4 is 30.8 Å². The van der Waals surface area contributed by atoms with Crippen LogP contribution in [0.1, 0.15) is 26.7 Å². The van der Waals surface area contributed by atoms with Crippen LogP contribution in [0.4, 0.5) is 0 Å². The van der Waals surface area contributed by atoms with Crippen LogP contribution in [0, 0.1) is 0 Å². The molecule has 0 spiro atoms. The van der Waals surface area contributed by atoms with Gasteiger partial charge in [0.15, 0.2) is 0 Å². The molecule has 2 rings (SSSR count). The van der Waals surface area contributed by atoms with E-state index in [0.717, 1.165) is 0 Å². The topological polar surface area (TPSA) is 133 Å². The number of fused-ring (bicyclic) bond motifs is 1. The number of rotatable bonds is 10. The first-order valence-electron chi connectivity index (χ1n) is 8.98. The Labute approximate surface area is 165 Å². The van der Waals surface area contributed by atoms with Crippen LogP contribution in [0.25, 0.3) is 10.8 Å². The molecule has 0 aliphatic carbocycles. The van der Waals surface area contributed by atoms with Crippen molar-refractivity contribution in [3.8, 4) is 0 Å². The molecule has 156 valence electrons. The third kappa shape index (κ3) is 4.88. The van der Waals surface area contributed by atoms with Gasteiger partial charge in [-0.1, -0.05) is 38.1 Å². The van der Waals surface area contributed by atoms with E-state index >= 15 is 0 Å². The summed E-state index contributed by atoms with van der Waals surface area (Å²) in [5, 5.41) is 19.1. The molecule has 2 aromatic carbocycles. The molecule has 0 aromatic heterocycles. The lowest BCUT2D eigenvalue weighted by molar-refractivity contribution is 0.253. The normalized spacial score (nSPS) is 14.9. The fourth-order valence-electron chi connectivity index (χ4n) is 2.79. The second-order valence-corrected chi connectivity index (χ2v) is 9.79. The van der Waals surface area contributed by atoms with Crippen LogP contribution in [-0.2, 0) is 20.0 Å². The van der Waals surface area contributed by atoms with Crippen LogP contribution in [0.15, 0.2) is 46.2 Å². The van der Waals surface area contributed by atoms with Gasteiger partial charge in [-0.15, -0.1) is 0 Å². The number of aliphatic hydroxyl groups excluding tert-OH is 2. The molecule has 0 saturated carbocycles. The Bertz CT molecular complexity index is 930. The van der Waals surface area contributed by atoms with E-state index in [2.05, 4.69) is 9.44 Å². The zero-order valence-corrected chi connectivity index (χ0v) is 17.4. The summed E-state index contributed by atoms with van der Waals surface area (Å²) < 4.78 is 56.0. The maximum absolute atomic E-state index is 12.8. The van der Waals surface area contributed by atoms with Gasteiger partial charge >= 0.3 is 0 Å². The minimum Gasteiger partial charge on any atom is -0.395 e. The first-order chi connectivity index (χ1) is 13.2. The molecule has 2 aromatic rings. The Hall–Kier alpha value is -1.56. The van der Waals surface area contributed by atoms with Crippen LogP contribution in [0.3, 0.4) is 0 Å². The van der Waals surface area contributed by atoms with Crippen molar-refractivity contribution in [3.63, 3.8) is 0 Å². The number of aliphatic hydroxyl groups is 2. The van der Waals surface area contributed by atoms with E-state index in [9.17, 15) is 27.0 Å². The molecule has 0 bridgehead atoms. The largest absolute Gasteiger partial charge is 0.395 e. The average molecular weight is 431 g/mol. The van der Waals surface area contributed by atoms with E-state index in [-0.39, 0.29) is 33.8 Å². The van der Waals surface area contributed by atoms with Crippen molar-refractivity contribution in [2.75, 3.05) is 13.2 Å². The van der Waals surface area contributed by atoms with Gasteiger partial charge in [-0.05, 0) is 25.0 Å². The molecule has 0 saturated heterocycles. The highest BCUT2D eigenvalue weighted by molar-refractivity contribution is 7.90. The Morgan fingerprint density at radius 3 is 1.39 bits per heavy atom. The third-order valence-corrected chi connectivity index (χ3v) is 7.65. The summed E-state index contributed by atoms with van der Waals surface area (Å²) in [6.45, 7) is 2.80. The first kappa shape index (κ1) is 22.7. The summed E-state index contributed by atoms with van der Waals surface area (Å²) in [5.74, 6) is 0. The van der Waals surface area contributed by atoms with E-state index in [1.807, 2.05) is 0 Å². The summed E-state index contributed by atoms with van der Waals surface area (Å²) >= 11 is 0. The van der Waals surface area contributed by atoms with E-state index in [1.165, 1.54) is 36.4 Å². The highest BCUT2D eigenvalue weighted by Gasteiger charge is 2.25. The molecule has 0 unspecified atom stereocenters. The van der Waals surface area contributed by atoms with Gasteiger partial charge < -0.3 is 10.2 Å². The van der Waals surface area contributed by atoms with E-state index in [0.29, 0.717) is 12.8 Å². The minimum atomic E-state index is -3.97. The molecular weight excluding hydrogens is 404 g/mol. The van der Waals surface area contributed by atoms with E-state index in [4.69, 9.17) is 0 Å². The van der Waals surface area contributed by atoms with Gasteiger partial charge in [-0.2, -0.15) is 0 Å². The molecule has 8 nitrogen and oxygen atoms in total. The molecular formula is C18H26N2O6S2. The Morgan fingerprint density at radius 2 is 1.11 bits per heavy atom. The number of hydrogen-bond donors (Lipinski definition) is 4. The monoisotopic (exact) mass is 430 g/mol. The zero-order valence-electron chi connectivity index (χ0n) is 15.8. The summed E-state index contributed by atoms with van der Waals surface area (Å²) in [6.07, 6.45) is 0.813. The summed E-state index contributed by atoms with van der Waals surface area (Å²) in [6, 6.07) is 7.52. The lowest BCUT2D eigenvalue weighted by atomic mass is 10.1. The Morgan fingerprint density at radius 1 is 0.750 bits per heavy atom. The predicted octanol–water partition coefficient (Wildman–Crippen LogP) is 0.938. The standard InChI is InChI=1S/C18H26N2O6S2/c1-3-13(11-21)19-27(23,24)17-9-5-8-16-15(17)7-6-10-18(16)28(25,26)20-14(4-2)12-22/h5-10,13-14,19-22H,3-4,11-12H2,1-2H3/t13-,14-/m1/s1. The van der Waals surface area contributed by atoms with Crippen molar-refractivity contribution in [2.24, 2.45) is 0 Å². The molecule has 0 amide bonds. The molecule has 0 aliphatic rings. The SMILES string of the molecule is CC[C@H](CO)NS(=O)(=O)c1cccc2c(S(=O)(=O)N[C@H](CC)CO)cccc12. The lowest BCUT2D eigenvalue weighted by Gasteiger charge is -2.18. The zero-order chi connectivity index (χ0) is 20.9. The lowest BCUT2D eigenvalue weighted by Crippen LogP contribution is -2.37. The summed E-state index contributed by atoms with van der Waals surface area (Å²) in [5.41, 5.74) is 0. The van der Waals surface area contributed by atoms with Gasteiger partial charge in [0.2, 0.25) is 20.0 Å². The number of sulfonamides is 2. The van der Waals surface area contributed by atoms with Crippen LogP contribution < -0.4 is 9.44 Å². The molecule has 0 radical (unpaired) electrons. The second-order valence-electron chi connectivity index (χ2n) is 6.43. The summed E-state index contributed by atoms with van der Waals surface area (Å²) in [4.78, 5) is -0.133. The number of hydrogen-bond acceptors (Lipinski definition) is 6. The maximum Gasteiger partial charge on any atom is 0.241 e. The van der Waals surface area contributed by atoms with Crippen molar-refractivity contribution in [2.45, 2.75) is 48.6 Å². The van der Waals surface area contributed by atoms with Gasteiger partial charge in [0.1, 0.15) is 0 Å². The fraction of sp³-hybridized carbons (Fsp3) is 0.444. The second kappa shape index (κ2) is 9.29. The Kier molecular flexibility index (Phi) is 7.54. The highest BCUT2D eigenvalue weighted by Crippen LogP contribution is 2.28. The molecule has 0 aliphatic heterocycles. The Balaban J connectivity index is 2.60. The van der Waals surface area contributed by atoms with Crippen LogP contribution in [0.2, 0.25) is 0 Å². The van der Waals surface area contributed by atoms with Crippen LogP contribution in [-0.4, -0.2) is 52.3 Å². The smallest absolute Gasteiger partial charge is 0.241 e. The van der Waals surface area contributed by atoms with Gasteiger partial charge in [0.25, 0.3) is 0 Å². The van der Waals surface area contributed by atoms with Gasteiger partial charge in [0, 0.05) is 22.9 Å². The highest BCUT2D eigenvalue weighted by atomic mass is 32.2. The van der Waals surface area contributed by atoms with E-state index in [1.54, 1.807) is 13.8 Å². The molecule has 0 fully saturated rings.